The van der Waals surface area contributed by atoms with Gasteiger partial charge in [0.05, 0.1) is 6.61 Å². The Morgan fingerprint density at radius 1 is 1.35 bits per heavy atom. The molecule has 0 aliphatic heterocycles. The summed E-state index contributed by atoms with van der Waals surface area (Å²) < 4.78 is 6.67. The van der Waals surface area contributed by atoms with Gasteiger partial charge >= 0.3 is 0 Å². The number of carbonyl (C=O) groups is 1. The molecule has 7 nitrogen and oxygen atoms in total. The fraction of sp³-hybridized carbons (Fsp3) is 0.267. The molecule has 0 aliphatic rings. The van der Waals surface area contributed by atoms with Gasteiger partial charge in [0.25, 0.3) is 5.91 Å². The van der Waals surface area contributed by atoms with Crippen LogP contribution >= 0.6 is 11.6 Å². The van der Waals surface area contributed by atoms with Crippen LogP contribution in [0.25, 0.3) is 0 Å². The number of nitrogens with zero attached hydrogens (tertiary/aromatic N) is 3. The lowest BCUT2D eigenvalue weighted by atomic mass is 10.2. The fourth-order valence-corrected chi connectivity index (χ4v) is 1.73. The van der Waals surface area contributed by atoms with Crippen molar-refractivity contribution in [3.8, 4) is 11.8 Å². The molecule has 0 aliphatic carbocycles. The maximum absolute atomic E-state index is 11.2. The van der Waals surface area contributed by atoms with Gasteiger partial charge in [-0.05, 0) is 36.6 Å². The number of benzene rings is 1. The van der Waals surface area contributed by atoms with E-state index in [1.54, 1.807) is 24.3 Å². The Labute approximate surface area is 138 Å². The monoisotopic (exact) mass is 334 g/mol. The normalized spacial score (nSPS) is 10.2. The number of nitrogens with two attached hydrogens (primary N) is 1. The number of hydrogen-bond acceptors (Lipinski definition) is 5. The summed E-state index contributed by atoms with van der Waals surface area (Å²) in [6.07, 6.45) is 0.503. The number of aromatic nitrogens is 3. The topological polar surface area (TPSA) is 103 Å². The summed E-state index contributed by atoms with van der Waals surface area (Å²) in [5.41, 5.74) is 5.92. The molecule has 120 valence electrons. The minimum atomic E-state index is -0.742. The van der Waals surface area contributed by atoms with Crippen LogP contribution in [0.2, 0.25) is 5.02 Å². The standard InChI is InChI=1S/C15H15ClN4O3/c16-12-5-2-11(3-6-12)4-7-13-18-15(14(17)22)19-20(13)10-23-9-1-8-21/h2-3,5-6,21H,1,8-10H2,(H2,17,22). The zero-order chi connectivity index (χ0) is 16.7. The third kappa shape index (κ3) is 5.07. The van der Waals surface area contributed by atoms with E-state index in [0.29, 0.717) is 18.1 Å². The van der Waals surface area contributed by atoms with E-state index >= 15 is 0 Å². The highest BCUT2D eigenvalue weighted by molar-refractivity contribution is 6.30. The number of primary amides is 1. The number of rotatable bonds is 6. The van der Waals surface area contributed by atoms with Gasteiger partial charge in [0, 0.05) is 17.2 Å². The third-order valence-electron chi connectivity index (χ3n) is 2.72. The van der Waals surface area contributed by atoms with Gasteiger partial charge in [-0.2, -0.15) is 4.98 Å². The molecule has 0 fully saturated rings. The lowest BCUT2D eigenvalue weighted by molar-refractivity contribution is 0.0575. The summed E-state index contributed by atoms with van der Waals surface area (Å²) in [6.45, 7) is 0.449. The second kappa shape index (κ2) is 8.29. The van der Waals surface area contributed by atoms with E-state index in [1.807, 2.05) is 0 Å². The van der Waals surface area contributed by atoms with Gasteiger partial charge < -0.3 is 15.6 Å². The van der Waals surface area contributed by atoms with E-state index in [2.05, 4.69) is 21.9 Å². The summed E-state index contributed by atoms with van der Waals surface area (Å²) in [5, 5.41) is 13.3. The second-order valence-electron chi connectivity index (χ2n) is 4.49. The zero-order valence-corrected chi connectivity index (χ0v) is 13.0. The first-order chi connectivity index (χ1) is 11.1. The summed E-state index contributed by atoms with van der Waals surface area (Å²) in [6, 6.07) is 6.98. The Kier molecular flexibility index (Phi) is 6.11. The molecule has 0 atom stereocenters. The van der Waals surface area contributed by atoms with Crippen molar-refractivity contribution in [1.82, 2.24) is 14.8 Å². The first kappa shape index (κ1) is 17.0. The van der Waals surface area contributed by atoms with Crippen molar-refractivity contribution in [2.24, 2.45) is 5.73 Å². The molecule has 1 heterocycles. The Morgan fingerprint density at radius 2 is 2.09 bits per heavy atom. The molecule has 0 bridgehead atoms. The highest BCUT2D eigenvalue weighted by Crippen LogP contribution is 2.08. The molecule has 23 heavy (non-hydrogen) atoms. The highest BCUT2D eigenvalue weighted by Gasteiger charge is 2.12. The van der Waals surface area contributed by atoms with Gasteiger partial charge in [-0.25, -0.2) is 4.68 Å². The Hall–Kier alpha value is -2.40. The van der Waals surface area contributed by atoms with Gasteiger partial charge in [0.1, 0.15) is 6.73 Å². The molecular formula is C15H15ClN4O3. The zero-order valence-electron chi connectivity index (χ0n) is 12.2. The van der Waals surface area contributed by atoms with E-state index in [-0.39, 0.29) is 25.0 Å². The molecule has 0 radical (unpaired) electrons. The Bertz CT molecular complexity index is 731. The molecular weight excluding hydrogens is 320 g/mol. The van der Waals surface area contributed by atoms with Crippen LogP contribution in [-0.4, -0.2) is 39.0 Å². The predicted molar refractivity (Wildman–Crippen MR) is 83.6 cm³/mol. The third-order valence-corrected chi connectivity index (χ3v) is 2.97. The highest BCUT2D eigenvalue weighted by atomic mass is 35.5. The first-order valence-corrected chi connectivity index (χ1v) is 7.19. The molecule has 0 saturated heterocycles. The van der Waals surface area contributed by atoms with Crippen LogP contribution in [0.3, 0.4) is 0 Å². The Balaban J connectivity index is 2.18. The van der Waals surface area contributed by atoms with Crippen molar-refractivity contribution in [2.45, 2.75) is 13.2 Å². The molecule has 3 N–H and O–H groups in total. The molecule has 1 aromatic carbocycles. The fourth-order valence-electron chi connectivity index (χ4n) is 1.61. The number of aliphatic hydroxyl groups is 1. The molecule has 2 rings (SSSR count). The quantitative estimate of drug-likeness (QED) is 0.600. The van der Waals surface area contributed by atoms with E-state index in [4.69, 9.17) is 27.2 Å². The van der Waals surface area contributed by atoms with Crippen LogP contribution in [0.15, 0.2) is 24.3 Å². The second-order valence-corrected chi connectivity index (χ2v) is 4.93. The SMILES string of the molecule is NC(=O)c1nc(C#Cc2ccc(Cl)cc2)n(COCCCO)n1. The Morgan fingerprint density at radius 3 is 2.74 bits per heavy atom. The average Bonchev–Trinajstić information content (AvgIpc) is 2.94. The number of amides is 1. The number of carbonyl (C=O) groups excluding carboxylic acids is 1. The summed E-state index contributed by atoms with van der Waals surface area (Å²) in [7, 11) is 0. The van der Waals surface area contributed by atoms with Crippen molar-refractivity contribution >= 4 is 17.5 Å². The largest absolute Gasteiger partial charge is 0.396 e. The van der Waals surface area contributed by atoms with Crippen LogP contribution in [0.4, 0.5) is 0 Å². The molecule has 1 amide bonds. The molecule has 2 aromatic rings. The van der Waals surface area contributed by atoms with Crippen molar-refractivity contribution in [3.63, 3.8) is 0 Å². The van der Waals surface area contributed by atoms with Crippen molar-refractivity contribution < 1.29 is 14.6 Å². The van der Waals surface area contributed by atoms with E-state index < -0.39 is 5.91 Å². The van der Waals surface area contributed by atoms with Crippen LogP contribution in [-0.2, 0) is 11.5 Å². The first-order valence-electron chi connectivity index (χ1n) is 6.81. The number of halogens is 1. The summed E-state index contributed by atoms with van der Waals surface area (Å²) in [4.78, 5) is 15.2. The maximum atomic E-state index is 11.2. The van der Waals surface area contributed by atoms with Crippen LogP contribution in [0, 0.1) is 11.8 Å². The minimum Gasteiger partial charge on any atom is -0.396 e. The summed E-state index contributed by atoms with van der Waals surface area (Å²) >= 11 is 5.81. The van der Waals surface area contributed by atoms with Crippen molar-refractivity contribution in [1.29, 1.82) is 0 Å². The number of aliphatic hydroxyl groups excluding tert-OH is 1. The molecule has 1 aromatic heterocycles. The van der Waals surface area contributed by atoms with Crippen LogP contribution in [0.1, 0.15) is 28.4 Å². The van der Waals surface area contributed by atoms with Crippen LogP contribution in [0.5, 0.6) is 0 Å². The summed E-state index contributed by atoms with van der Waals surface area (Å²) in [5.74, 6) is 5.12. The lowest BCUT2D eigenvalue weighted by Gasteiger charge is -2.03. The van der Waals surface area contributed by atoms with E-state index in [9.17, 15) is 4.79 Å². The van der Waals surface area contributed by atoms with Gasteiger partial charge in [0.2, 0.25) is 11.6 Å². The average molecular weight is 335 g/mol. The van der Waals surface area contributed by atoms with Crippen molar-refractivity contribution in [3.05, 3.63) is 46.5 Å². The maximum Gasteiger partial charge on any atom is 0.288 e. The number of ether oxygens (including phenoxy) is 1. The van der Waals surface area contributed by atoms with Gasteiger partial charge in [0.15, 0.2) is 0 Å². The molecule has 8 heteroatoms. The minimum absolute atomic E-state index is 0.0348. The van der Waals surface area contributed by atoms with E-state index in [1.165, 1.54) is 4.68 Å². The number of hydrogen-bond donors (Lipinski definition) is 2. The lowest BCUT2D eigenvalue weighted by Crippen LogP contribution is -2.14. The van der Waals surface area contributed by atoms with Crippen LogP contribution < -0.4 is 5.73 Å². The molecule has 0 unspecified atom stereocenters. The molecule has 0 spiro atoms. The van der Waals surface area contributed by atoms with Gasteiger partial charge in [-0.15, -0.1) is 5.10 Å². The van der Waals surface area contributed by atoms with Crippen molar-refractivity contribution in [2.75, 3.05) is 13.2 Å². The predicted octanol–water partition coefficient (Wildman–Crippen LogP) is 0.787. The van der Waals surface area contributed by atoms with Gasteiger partial charge in [-0.1, -0.05) is 17.5 Å². The molecule has 0 saturated carbocycles. The van der Waals surface area contributed by atoms with E-state index in [0.717, 1.165) is 5.56 Å². The van der Waals surface area contributed by atoms with Gasteiger partial charge in [-0.3, -0.25) is 4.79 Å². The smallest absolute Gasteiger partial charge is 0.288 e.